The zero-order valence-corrected chi connectivity index (χ0v) is 21.2. The molecule has 4 aromatic rings. The van der Waals surface area contributed by atoms with E-state index in [4.69, 9.17) is 9.47 Å². The van der Waals surface area contributed by atoms with Crippen molar-refractivity contribution >= 4 is 34.1 Å². The lowest BCUT2D eigenvalue weighted by Gasteiger charge is -2.20. The molecule has 0 amide bonds. The van der Waals surface area contributed by atoms with Gasteiger partial charge in [-0.15, -0.1) is 11.8 Å². The summed E-state index contributed by atoms with van der Waals surface area (Å²) in [5.74, 6) is 0.152. The quantitative estimate of drug-likeness (QED) is 0.308. The highest BCUT2D eigenvalue weighted by Gasteiger charge is 2.20. The number of anilines is 1. The second-order valence-electron chi connectivity index (χ2n) is 8.51. The number of hydrogen-bond acceptors (Lipinski definition) is 5. The summed E-state index contributed by atoms with van der Waals surface area (Å²) >= 11 is 1.67. The Kier molecular flexibility index (Phi) is 6.86. The zero-order chi connectivity index (χ0) is 24.5. The Hall–Kier alpha value is -3.04. The van der Waals surface area contributed by atoms with Crippen LogP contribution in [-0.2, 0) is 11.0 Å². The van der Waals surface area contributed by atoms with Gasteiger partial charge in [-0.05, 0) is 24.3 Å². The fourth-order valence-corrected chi connectivity index (χ4v) is 5.43. The topological polar surface area (TPSA) is 64.9 Å². The molecule has 2 aromatic carbocycles. The molecule has 0 aliphatic carbocycles. The average Bonchev–Trinajstić information content (AvgIpc) is 3.20. The molecule has 1 unspecified atom stereocenters. The first kappa shape index (κ1) is 24.1. The number of thioether (sulfide) groups is 1. The van der Waals surface area contributed by atoms with Gasteiger partial charge in [0.05, 0.1) is 41.6 Å². The van der Waals surface area contributed by atoms with Crippen molar-refractivity contribution < 1.29 is 18.1 Å². The maximum absolute atomic E-state index is 15.1. The van der Waals surface area contributed by atoms with E-state index < -0.39 is 16.8 Å². The zero-order valence-electron chi connectivity index (χ0n) is 19.6. The van der Waals surface area contributed by atoms with Crippen LogP contribution in [0.15, 0.2) is 70.7 Å². The van der Waals surface area contributed by atoms with Crippen molar-refractivity contribution in [2.24, 2.45) is 0 Å². The molecule has 0 aliphatic heterocycles. The third-order valence-electron chi connectivity index (χ3n) is 4.91. The number of rotatable bonds is 7. The number of nitrogens with zero attached hydrogens (tertiary/aromatic N) is 2. The molecule has 0 fully saturated rings. The van der Waals surface area contributed by atoms with E-state index in [2.05, 4.69) is 30.5 Å². The third-order valence-corrected chi connectivity index (χ3v) is 7.16. The number of benzene rings is 2. The van der Waals surface area contributed by atoms with Crippen LogP contribution in [-0.4, -0.2) is 32.6 Å². The highest BCUT2D eigenvalue weighted by molar-refractivity contribution is 8.00. The van der Waals surface area contributed by atoms with Crippen molar-refractivity contribution in [3.63, 3.8) is 0 Å². The maximum atomic E-state index is 15.1. The standard InChI is InChI=1S/C25H26FN3O3S2/c1-25(2,3)33-22-15-29-20(14-27-23(29)13-21(22)31-4)16-11-18(26)24(32-5)19(12-16)28-34(30)17-9-7-6-8-10-17/h6-15,28H,1-5H3. The van der Waals surface area contributed by atoms with E-state index in [0.717, 1.165) is 10.6 Å². The Morgan fingerprint density at radius 1 is 1.09 bits per heavy atom. The maximum Gasteiger partial charge on any atom is 0.178 e. The highest BCUT2D eigenvalue weighted by atomic mass is 32.2. The van der Waals surface area contributed by atoms with Gasteiger partial charge in [0.2, 0.25) is 0 Å². The second-order valence-corrected chi connectivity index (χ2v) is 11.6. The molecule has 1 atom stereocenters. The third kappa shape index (κ3) is 5.05. The van der Waals surface area contributed by atoms with E-state index in [1.807, 2.05) is 22.7 Å². The number of methoxy groups -OCH3 is 2. The van der Waals surface area contributed by atoms with Gasteiger partial charge in [0, 0.05) is 22.6 Å². The van der Waals surface area contributed by atoms with E-state index >= 15 is 4.39 Å². The van der Waals surface area contributed by atoms with Crippen molar-refractivity contribution in [2.45, 2.75) is 35.3 Å². The molecular formula is C25H26FN3O3S2. The van der Waals surface area contributed by atoms with Gasteiger partial charge >= 0.3 is 0 Å². The van der Waals surface area contributed by atoms with Gasteiger partial charge in [-0.3, -0.25) is 9.12 Å². The van der Waals surface area contributed by atoms with Crippen LogP contribution in [0.5, 0.6) is 11.5 Å². The molecule has 178 valence electrons. The van der Waals surface area contributed by atoms with Gasteiger partial charge in [-0.25, -0.2) is 13.6 Å². The smallest absolute Gasteiger partial charge is 0.178 e. The Labute approximate surface area is 205 Å². The fourth-order valence-electron chi connectivity index (χ4n) is 3.49. The number of ether oxygens (including phenoxy) is 2. The second kappa shape index (κ2) is 9.68. The number of nitrogens with one attached hydrogen (secondary N) is 1. The van der Waals surface area contributed by atoms with Gasteiger partial charge < -0.3 is 9.47 Å². The monoisotopic (exact) mass is 499 g/mol. The molecule has 0 saturated heterocycles. The van der Waals surface area contributed by atoms with Crippen molar-refractivity contribution in [2.75, 3.05) is 18.9 Å². The van der Waals surface area contributed by atoms with Crippen LogP contribution in [0.4, 0.5) is 10.1 Å². The van der Waals surface area contributed by atoms with Crippen LogP contribution < -0.4 is 14.2 Å². The first-order valence-corrected chi connectivity index (χ1v) is 12.5. The van der Waals surface area contributed by atoms with Gasteiger partial charge in [-0.1, -0.05) is 39.0 Å². The van der Waals surface area contributed by atoms with E-state index in [1.165, 1.54) is 13.2 Å². The summed E-state index contributed by atoms with van der Waals surface area (Å²) in [6, 6.07) is 13.9. The molecule has 2 heterocycles. The van der Waals surface area contributed by atoms with Gasteiger partial charge in [0.1, 0.15) is 22.4 Å². The van der Waals surface area contributed by atoms with Crippen molar-refractivity contribution in [3.8, 4) is 22.8 Å². The number of imidazole rings is 1. The molecule has 0 aliphatic rings. The summed E-state index contributed by atoms with van der Waals surface area (Å²) in [5.41, 5.74) is 2.20. The predicted molar refractivity (Wildman–Crippen MR) is 136 cm³/mol. The minimum Gasteiger partial charge on any atom is -0.495 e. The van der Waals surface area contributed by atoms with E-state index in [-0.39, 0.29) is 16.2 Å². The van der Waals surface area contributed by atoms with Crippen molar-refractivity contribution in [1.29, 1.82) is 0 Å². The Balaban J connectivity index is 1.80. The van der Waals surface area contributed by atoms with Crippen molar-refractivity contribution in [3.05, 3.63) is 66.7 Å². The minimum absolute atomic E-state index is 0.00695. The highest BCUT2D eigenvalue weighted by Crippen LogP contribution is 2.40. The lowest BCUT2D eigenvalue weighted by atomic mass is 10.1. The van der Waals surface area contributed by atoms with E-state index in [0.29, 0.717) is 21.8 Å². The van der Waals surface area contributed by atoms with E-state index in [9.17, 15) is 4.21 Å². The molecule has 1 N–H and O–H groups in total. The first-order chi connectivity index (χ1) is 16.2. The van der Waals surface area contributed by atoms with Crippen LogP contribution >= 0.6 is 11.8 Å². The van der Waals surface area contributed by atoms with Crippen LogP contribution in [0.3, 0.4) is 0 Å². The molecule has 34 heavy (non-hydrogen) atoms. The van der Waals surface area contributed by atoms with Crippen LogP contribution in [0.1, 0.15) is 20.8 Å². The van der Waals surface area contributed by atoms with Crippen LogP contribution in [0.25, 0.3) is 16.9 Å². The number of hydrogen-bond donors (Lipinski definition) is 1. The molecule has 6 nitrogen and oxygen atoms in total. The number of fused-ring (bicyclic) bond motifs is 1. The van der Waals surface area contributed by atoms with Gasteiger partial charge in [0.15, 0.2) is 11.6 Å². The van der Waals surface area contributed by atoms with Crippen LogP contribution in [0, 0.1) is 5.82 Å². The molecule has 0 saturated carbocycles. The molecule has 0 radical (unpaired) electrons. The molecule has 4 rings (SSSR count). The summed E-state index contributed by atoms with van der Waals surface area (Å²) in [5, 5.41) is 0. The van der Waals surface area contributed by atoms with E-state index in [1.54, 1.807) is 55.4 Å². The van der Waals surface area contributed by atoms with Crippen LogP contribution in [0.2, 0.25) is 0 Å². The molecule has 2 aromatic heterocycles. The normalized spacial score (nSPS) is 12.5. The fraction of sp³-hybridized carbons (Fsp3) is 0.240. The summed E-state index contributed by atoms with van der Waals surface area (Å²) < 4.78 is 43.5. The molecule has 9 heteroatoms. The van der Waals surface area contributed by atoms with Gasteiger partial charge in [-0.2, -0.15) is 0 Å². The average molecular weight is 500 g/mol. The lowest BCUT2D eigenvalue weighted by Crippen LogP contribution is -2.08. The summed E-state index contributed by atoms with van der Waals surface area (Å²) in [6.45, 7) is 6.37. The summed E-state index contributed by atoms with van der Waals surface area (Å²) in [7, 11) is 1.42. The number of halogens is 1. The number of aromatic nitrogens is 2. The largest absolute Gasteiger partial charge is 0.495 e. The molecule has 0 spiro atoms. The van der Waals surface area contributed by atoms with Crippen molar-refractivity contribution in [1.82, 2.24) is 9.38 Å². The summed E-state index contributed by atoms with van der Waals surface area (Å²) in [4.78, 5) is 6.01. The number of pyridine rings is 1. The Morgan fingerprint density at radius 3 is 2.47 bits per heavy atom. The van der Waals surface area contributed by atoms with Gasteiger partial charge in [0.25, 0.3) is 0 Å². The first-order valence-electron chi connectivity index (χ1n) is 10.6. The SMILES string of the molecule is COc1cc2ncc(-c3cc(F)c(OC)c(NS(=O)c4ccccc4)c3)n2cc1SC(C)(C)C. The Morgan fingerprint density at radius 2 is 1.82 bits per heavy atom. The molecular weight excluding hydrogens is 473 g/mol. The predicted octanol–water partition coefficient (Wildman–Crippen LogP) is 6.18. The Bertz CT molecular complexity index is 1350. The molecule has 0 bridgehead atoms. The summed E-state index contributed by atoms with van der Waals surface area (Å²) in [6.07, 6.45) is 3.63. The lowest BCUT2D eigenvalue weighted by molar-refractivity contribution is 0.389. The minimum atomic E-state index is -1.60.